The molecule has 0 aliphatic carbocycles. The molecule has 0 aliphatic rings. The SMILES string of the molecule is C=CC(C)(C=O)C/C=C/C(=O)OCC. The predicted molar refractivity (Wildman–Crippen MR) is 54.8 cm³/mol. The van der Waals surface area contributed by atoms with Crippen molar-refractivity contribution < 1.29 is 14.3 Å². The molecule has 3 heteroatoms. The molecule has 78 valence electrons. The summed E-state index contributed by atoms with van der Waals surface area (Å²) in [7, 11) is 0. The molecule has 0 saturated heterocycles. The van der Waals surface area contributed by atoms with Crippen LogP contribution in [0.4, 0.5) is 0 Å². The Hall–Kier alpha value is -1.38. The molecule has 14 heavy (non-hydrogen) atoms. The Balaban J connectivity index is 4.09. The fraction of sp³-hybridized carbons (Fsp3) is 0.455. The normalized spacial score (nSPS) is 14.7. The maximum absolute atomic E-state index is 10.9. The van der Waals surface area contributed by atoms with Crippen molar-refractivity contribution in [1.82, 2.24) is 0 Å². The monoisotopic (exact) mass is 196 g/mol. The highest BCUT2D eigenvalue weighted by atomic mass is 16.5. The van der Waals surface area contributed by atoms with Gasteiger partial charge in [-0.15, -0.1) is 6.58 Å². The molecule has 0 bridgehead atoms. The van der Waals surface area contributed by atoms with Crippen molar-refractivity contribution in [3.63, 3.8) is 0 Å². The van der Waals surface area contributed by atoms with E-state index in [1.807, 2.05) is 0 Å². The number of esters is 1. The Morgan fingerprint density at radius 1 is 1.57 bits per heavy atom. The molecule has 0 fully saturated rings. The molecule has 0 spiro atoms. The van der Waals surface area contributed by atoms with Gasteiger partial charge < -0.3 is 9.53 Å². The van der Waals surface area contributed by atoms with E-state index >= 15 is 0 Å². The van der Waals surface area contributed by atoms with Crippen LogP contribution in [0.15, 0.2) is 24.8 Å². The van der Waals surface area contributed by atoms with Gasteiger partial charge in [0.25, 0.3) is 0 Å². The smallest absolute Gasteiger partial charge is 0.330 e. The number of rotatable bonds is 6. The van der Waals surface area contributed by atoms with Gasteiger partial charge in [0.2, 0.25) is 0 Å². The van der Waals surface area contributed by atoms with Crippen molar-refractivity contribution in [2.45, 2.75) is 20.3 Å². The van der Waals surface area contributed by atoms with Crippen LogP contribution in [0.2, 0.25) is 0 Å². The number of allylic oxidation sites excluding steroid dienone is 2. The molecule has 0 aromatic carbocycles. The highest BCUT2D eigenvalue weighted by Crippen LogP contribution is 2.19. The van der Waals surface area contributed by atoms with Crippen molar-refractivity contribution in [1.29, 1.82) is 0 Å². The van der Waals surface area contributed by atoms with E-state index in [4.69, 9.17) is 0 Å². The molecule has 0 radical (unpaired) electrons. The molecule has 0 amide bonds. The number of aldehydes is 1. The minimum Gasteiger partial charge on any atom is -0.463 e. The summed E-state index contributed by atoms with van der Waals surface area (Å²) in [6.45, 7) is 7.41. The summed E-state index contributed by atoms with van der Waals surface area (Å²) in [6.07, 6.45) is 5.78. The van der Waals surface area contributed by atoms with Gasteiger partial charge in [-0.3, -0.25) is 0 Å². The summed E-state index contributed by atoms with van der Waals surface area (Å²) in [4.78, 5) is 21.5. The number of carbonyl (C=O) groups excluding carboxylic acids is 2. The Bertz CT molecular complexity index is 233. The van der Waals surface area contributed by atoms with Crippen LogP contribution >= 0.6 is 0 Å². The van der Waals surface area contributed by atoms with E-state index < -0.39 is 5.41 Å². The lowest BCUT2D eigenvalue weighted by atomic mass is 9.89. The molecular formula is C11H16O3. The fourth-order valence-electron chi connectivity index (χ4n) is 0.779. The lowest BCUT2D eigenvalue weighted by molar-refractivity contribution is -0.137. The fourth-order valence-corrected chi connectivity index (χ4v) is 0.779. The zero-order chi connectivity index (χ0) is 11.0. The molecular weight excluding hydrogens is 180 g/mol. The molecule has 0 saturated carbocycles. The van der Waals surface area contributed by atoms with Gasteiger partial charge in [0.1, 0.15) is 6.29 Å². The molecule has 0 N–H and O–H groups in total. The van der Waals surface area contributed by atoms with Gasteiger partial charge in [-0.05, 0) is 20.3 Å². The van der Waals surface area contributed by atoms with E-state index in [0.29, 0.717) is 13.0 Å². The third-order valence-corrected chi connectivity index (χ3v) is 1.83. The maximum Gasteiger partial charge on any atom is 0.330 e. The van der Waals surface area contributed by atoms with Crippen molar-refractivity contribution >= 4 is 12.3 Å². The summed E-state index contributed by atoms with van der Waals surface area (Å²) < 4.78 is 4.68. The molecule has 0 aromatic heterocycles. The van der Waals surface area contributed by atoms with E-state index in [2.05, 4.69) is 11.3 Å². The van der Waals surface area contributed by atoms with E-state index in [-0.39, 0.29) is 5.97 Å². The van der Waals surface area contributed by atoms with Crippen LogP contribution < -0.4 is 0 Å². The number of hydrogen-bond acceptors (Lipinski definition) is 3. The first-order valence-corrected chi connectivity index (χ1v) is 4.51. The highest BCUT2D eigenvalue weighted by molar-refractivity contribution is 5.82. The van der Waals surface area contributed by atoms with Gasteiger partial charge in [0, 0.05) is 11.5 Å². The first-order valence-electron chi connectivity index (χ1n) is 4.51. The zero-order valence-electron chi connectivity index (χ0n) is 8.66. The minimum atomic E-state index is -0.594. The summed E-state index contributed by atoms with van der Waals surface area (Å²) >= 11 is 0. The van der Waals surface area contributed by atoms with Crippen LogP contribution in [-0.2, 0) is 14.3 Å². The van der Waals surface area contributed by atoms with Crippen molar-refractivity contribution in [2.75, 3.05) is 6.61 Å². The predicted octanol–water partition coefficient (Wildman–Crippen LogP) is 1.89. The molecule has 3 nitrogen and oxygen atoms in total. The third-order valence-electron chi connectivity index (χ3n) is 1.83. The number of hydrogen-bond donors (Lipinski definition) is 0. The molecule has 0 aromatic rings. The largest absolute Gasteiger partial charge is 0.463 e. The van der Waals surface area contributed by atoms with Crippen LogP contribution in [0, 0.1) is 5.41 Å². The second-order valence-corrected chi connectivity index (χ2v) is 3.19. The van der Waals surface area contributed by atoms with Crippen LogP contribution in [0.25, 0.3) is 0 Å². The van der Waals surface area contributed by atoms with Gasteiger partial charge in [-0.2, -0.15) is 0 Å². The minimum absolute atomic E-state index is 0.357. The Labute approximate surface area is 84.4 Å². The van der Waals surface area contributed by atoms with Crippen LogP contribution in [0.1, 0.15) is 20.3 Å². The van der Waals surface area contributed by atoms with Gasteiger partial charge in [0.05, 0.1) is 6.61 Å². The number of carbonyl (C=O) groups is 2. The first kappa shape index (κ1) is 12.6. The maximum atomic E-state index is 10.9. The molecule has 0 aliphatic heterocycles. The standard InChI is InChI=1S/C11H16O3/c1-4-11(3,9-12)8-6-7-10(13)14-5-2/h4,6-7,9H,1,5,8H2,2-3H3/b7-6+. The second kappa shape index (κ2) is 6.13. The Morgan fingerprint density at radius 3 is 2.64 bits per heavy atom. The third kappa shape index (κ3) is 4.60. The van der Waals surface area contributed by atoms with Gasteiger partial charge in [0.15, 0.2) is 0 Å². The Kier molecular flexibility index (Phi) is 5.53. The van der Waals surface area contributed by atoms with E-state index in [9.17, 15) is 9.59 Å². The lowest BCUT2D eigenvalue weighted by Gasteiger charge is -2.14. The van der Waals surface area contributed by atoms with E-state index in [0.717, 1.165) is 6.29 Å². The van der Waals surface area contributed by atoms with Crippen molar-refractivity contribution in [3.8, 4) is 0 Å². The quantitative estimate of drug-likeness (QED) is 0.282. The average molecular weight is 196 g/mol. The van der Waals surface area contributed by atoms with Crippen LogP contribution in [0.3, 0.4) is 0 Å². The van der Waals surface area contributed by atoms with Crippen LogP contribution in [-0.4, -0.2) is 18.9 Å². The molecule has 1 unspecified atom stereocenters. The lowest BCUT2D eigenvalue weighted by Crippen LogP contribution is -2.13. The molecule has 0 heterocycles. The molecule has 1 atom stereocenters. The van der Waals surface area contributed by atoms with Crippen LogP contribution in [0.5, 0.6) is 0 Å². The van der Waals surface area contributed by atoms with Gasteiger partial charge >= 0.3 is 5.97 Å². The zero-order valence-corrected chi connectivity index (χ0v) is 8.66. The molecule has 0 rings (SSSR count). The van der Waals surface area contributed by atoms with E-state index in [1.54, 1.807) is 26.0 Å². The average Bonchev–Trinajstić information content (AvgIpc) is 2.18. The second-order valence-electron chi connectivity index (χ2n) is 3.19. The van der Waals surface area contributed by atoms with Gasteiger partial charge in [-0.25, -0.2) is 4.79 Å². The van der Waals surface area contributed by atoms with Crippen molar-refractivity contribution in [3.05, 3.63) is 24.8 Å². The van der Waals surface area contributed by atoms with Gasteiger partial charge in [-0.1, -0.05) is 12.2 Å². The summed E-state index contributed by atoms with van der Waals surface area (Å²) in [5.41, 5.74) is -0.594. The summed E-state index contributed by atoms with van der Waals surface area (Å²) in [5, 5.41) is 0. The van der Waals surface area contributed by atoms with E-state index in [1.165, 1.54) is 6.08 Å². The number of ether oxygens (including phenoxy) is 1. The van der Waals surface area contributed by atoms with Crippen molar-refractivity contribution in [2.24, 2.45) is 5.41 Å². The topological polar surface area (TPSA) is 43.4 Å². The summed E-state index contributed by atoms with van der Waals surface area (Å²) in [6, 6.07) is 0. The summed E-state index contributed by atoms with van der Waals surface area (Å²) in [5.74, 6) is -0.384. The Morgan fingerprint density at radius 2 is 2.21 bits per heavy atom. The first-order chi connectivity index (χ1) is 6.58. The highest BCUT2D eigenvalue weighted by Gasteiger charge is 2.16.